The van der Waals surface area contributed by atoms with Gasteiger partial charge >= 0.3 is 0 Å². The summed E-state index contributed by atoms with van der Waals surface area (Å²) < 4.78 is 6.36. The number of nitrogens with one attached hydrogen (secondary N) is 2. The van der Waals surface area contributed by atoms with Gasteiger partial charge in [-0.1, -0.05) is 34.1 Å². The predicted octanol–water partition coefficient (Wildman–Crippen LogP) is 3.00. The van der Waals surface area contributed by atoms with Gasteiger partial charge in [-0.2, -0.15) is 5.10 Å². The number of hydrogen-bond acceptors (Lipinski definition) is 5. The van der Waals surface area contributed by atoms with Crippen molar-refractivity contribution in [1.29, 1.82) is 0 Å². The second kappa shape index (κ2) is 8.53. The molecule has 0 aliphatic carbocycles. The zero-order chi connectivity index (χ0) is 19.3. The fraction of sp³-hybridized carbons (Fsp3) is 0.250. The van der Waals surface area contributed by atoms with Crippen molar-refractivity contribution in [3.63, 3.8) is 0 Å². The van der Waals surface area contributed by atoms with Gasteiger partial charge in [-0.15, -0.1) is 0 Å². The summed E-state index contributed by atoms with van der Waals surface area (Å²) in [4.78, 5) is 19.1. The van der Waals surface area contributed by atoms with Crippen molar-refractivity contribution in [2.45, 2.75) is 6.54 Å². The molecule has 7 nitrogen and oxygen atoms in total. The Labute approximate surface area is 171 Å². The SMILES string of the molecule is O=C(NCc1ccc(N2CCOCC2)nc1)c1cc(-c2ccc(Br)cc2)n[nH]1. The Morgan fingerprint density at radius 3 is 2.68 bits per heavy atom. The summed E-state index contributed by atoms with van der Waals surface area (Å²) >= 11 is 3.41. The molecule has 1 aliphatic rings. The Bertz CT molecular complexity index is 934. The van der Waals surface area contributed by atoms with Gasteiger partial charge in [-0.05, 0) is 29.8 Å². The van der Waals surface area contributed by atoms with Gasteiger partial charge in [0.05, 0.1) is 18.9 Å². The van der Waals surface area contributed by atoms with Gasteiger partial charge < -0.3 is 15.0 Å². The van der Waals surface area contributed by atoms with E-state index in [-0.39, 0.29) is 5.91 Å². The molecule has 0 saturated carbocycles. The van der Waals surface area contributed by atoms with E-state index >= 15 is 0 Å². The van der Waals surface area contributed by atoms with E-state index in [1.807, 2.05) is 36.4 Å². The Balaban J connectivity index is 1.34. The monoisotopic (exact) mass is 441 g/mol. The molecule has 0 bridgehead atoms. The summed E-state index contributed by atoms with van der Waals surface area (Å²) in [7, 11) is 0. The molecule has 144 valence electrons. The molecule has 8 heteroatoms. The fourth-order valence-electron chi connectivity index (χ4n) is 2.98. The third kappa shape index (κ3) is 4.40. The molecule has 3 aromatic rings. The van der Waals surface area contributed by atoms with E-state index in [2.05, 4.69) is 41.3 Å². The van der Waals surface area contributed by atoms with Crippen LogP contribution in [0.15, 0.2) is 53.1 Å². The number of hydrogen-bond donors (Lipinski definition) is 2. The van der Waals surface area contributed by atoms with Crippen LogP contribution in [0.5, 0.6) is 0 Å². The number of benzene rings is 1. The number of ether oxygens (including phenoxy) is 1. The second-order valence-electron chi connectivity index (χ2n) is 6.48. The van der Waals surface area contributed by atoms with Crippen LogP contribution in [0, 0.1) is 0 Å². The number of rotatable bonds is 5. The maximum Gasteiger partial charge on any atom is 0.269 e. The predicted molar refractivity (Wildman–Crippen MR) is 110 cm³/mol. The molecular formula is C20H20BrN5O2. The summed E-state index contributed by atoms with van der Waals surface area (Å²) in [5, 5.41) is 9.92. The molecule has 1 aliphatic heterocycles. The van der Waals surface area contributed by atoms with E-state index in [9.17, 15) is 4.79 Å². The summed E-state index contributed by atoms with van der Waals surface area (Å²) in [5.74, 6) is 0.735. The summed E-state index contributed by atoms with van der Waals surface area (Å²) in [5.41, 5.74) is 3.05. The van der Waals surface area contributed by atoms with Crippen molar-refractivity contribution in [3.8, 4) is 11.3 Å². The number of aromatic nitrogens is 3. The number of pyridine rings is 1. The van der Waals surface area contributed by atoms with Gasteiger partial charge in [0.25, 0.3) is 5.91 Å². The van der Waals surface area contributed by atoms with Gasteiger partial charge in [0, 0.05) is 35.9 Å². The van der Waals surface area contributed by atoms with Gasteiger partial charge in [0.15, 0.2) is 0 Å². The third-order valence-electron chi connectivity index (χ3n) is 4.56. The lowest BCUT2D eigenvalue weighted by Gasteiger charge is -2.27. The number of nitrogens with zero attached hydrogens (tertiary/aromatic N) is 3. The highest BCUT2D eigenvalue weighted by molar-refractivity contribution is 9.10. The van der Waals surface area contributed by atoms with Crippen LogP contribution in [-0.4, -0.2) is 47.4 Å². The average molecular weight is 442 g/mol. The minimum atomic E-state index is -0.201. The zero-order valence-electron chi connectivity index (χ0n) is 15.2. The van der Waals surface area contributed by atoms with Crippen molar-refractivity contribution in [1.82, 2.24) is 20.5 Å². The van der Waals surface area contributed by atoms with Crippen LogP contribution >= 0.6 is 15.9 Å². The van der Waals surface area contributed by atoms with E-state index in [4.69, 9.17) is 4.74 Å². The highest BCUT2D eigenvalue weighted by atomic mass is 79.9. The quantitative estimate of drug-likeness (QED) is 0.635. The second-order valence-corrected chi connectivity index (χ2v) is 7.40. The first-order valence-corrected chi connectivity index (χ1v) is 9.85. The van der Waals surface area contributed by atoms with Crippen LogP contribution in [-0.2, 0) is 11.3 Å². The molecule has 4 rings (SSSR count). The molecule has 1 aromatic carbocycles. The number of halogens is 1. The number of H-pyrrole nitrogens is 1. The molecule has 1 amide bonds. The molecule has 0 spiro atoms. The summed E-state index contributed by atoms with van der Waals surface area (Å²) in [6.45, 7) is 3.56. The molecule has 2 aromatic heterocycles. The molecular weight excluding hydrogens is 422 g/mol. The number of aromatic amines is 1. The normalized spacial score (nSPS) is 14.1. The van der Waals surface area contributed by atoms with Gasteiger partial charge in [-0.3, -0.25) is 9.89 Å². The van der Waals surface area contributed by atoms with Gasteiger partial charge in [-0.25, -0.2) is 4.98 Å². The maximum atomic E-state index is 12.4. The largest absolute Gasteiger partial charge is 0.378 e. The fourth-order valence-corrected chi connectivity index (χ4v) is 3.25. The van der Waals surface area contributed by atoms with Gasteiger partial charge in [0.2, 0.25) is 0 Å². The number of carbonyl (C=O) groups excluding carboxylic acids is 1. The molecule has 0 radical (unpaired) electrons. The lowest BCUT2D eigenvalue weighted by atomic mass is 10.1. The molecule has 0 unspecified atom stereocenters. The summed E-state index contributed by atoms with van der Waals surface area (Å²) in [6, 6.07) is 13.5. The average Bonchev–Trinajstić information content (AvgIpc) is 3.24. The number of anilines is 1. The topological polar surface area (TPSA) is 83.1 Å². The zero-order valence-corrected chi connectivity index (χ0v) is 16.8. The first kappa shape index (κ1) is 18.6. The van der Waals surface area contributed by atoms with E-state index < -0.39 is 0 Å². The van der Waals surface area contributed by atoms with Crippen LogP contribution in [0.3, 0.4) is 0 Å². The van der Waals surface area contributed by atoms with E-state index in [1.54, 1.807) is 12.3 Å². The third-order valence-corrected chi connectivity index (χ3v) is 5.09. The van der Waals surface area contributed by atoms with E-state index in [1.165, 1.54) is 0 Å². The number of morpholine rings is 1. The molecule has 3 heterocycles. The highest BCUT2D eigenvalue weighted by Gasteiger charge is 2.13. The Kier molecular flexibility index (Phi) is 5.68. The van der Waals surface area contributed by atoms with Crippen molar-refractivity contribution in [3.05, 3.63) is 64.4 Å². The Hall–Kier alpha value is -2.71. The van der Waals surface area contributed by atoms with Crippen molar-refractivity contribution in [2.24, 2.45) is 0 Å². The highest BCUT2D eigenvalue weighted by Crippen LogP contribution is 2.20. The Morgan fingerprint density at radius 2 is 1.96 bits per heavy atom. The first-order valence-electron chi connectivity index (χ1n) is 9.06. The van der Waals surface area contributed by atoms with E-state index in [0.717, 1.165) is 53.4 Å². The van der Waals surface area contributed by atoms with Crippen LogP contribution in [0.25, 0.3) is 11.3 Å². The smallest absolute Gasteiger partial charge is 0.269 e. The molecule has 2 N–H and O–H groups in total. The van der Waals surface area contributed by atoms with E-state index in [0.29, 0.717) is 12.2 Å². The molecule has 0 atom stereocenters. The van der Waals surface area contributed by atoms with Crippen molar-refractivity contribution in [2.75, 3.05) is 31.2 Å². The van der Waals surface area contributed by atoms with Crippen LogP contribution in [0.2, 0.25) is 0 Å². The van der Waals surface area contributed by atoms with Gasteiger partial charge in [0.1, 0.15) is 11.5 Å². The first-order chi connectivity index (χ1) is 13.7. The number of amides is 1. The van der Waals surface area contributed by atoms with Crippen LogP contribution in [0.1, 0.15) is 16.1 Å². The molecule has 1 saturated heterocycles. The Morgan fingerprint density at radius 1 is 1.18 bits per heavy atom. The van der Waals surface area contributed by atoms with Crippen molar-refractivity contribution < 1.29 is 9.53 Å². The lowest BCUT2D eigenvalue weighted by molar-refractivity contribution is 0.0946. The minimum Gasteiger partial charge on any atom is -0.378 e. The van der Waals surface area contributed by atoms with Crippen molar-refractivity contribution >= 4 is 27.7 Å². The maximum absolute atomic E-state index is 12.4. The van der Waals surface area contributed by atoms with Crippen LogP contribution in [0.4, 0.5) is 5.82 Å². The lowest BCUT2D eigenvalue weighted by Crippen LogP contribution is -2.36. The standard InChI is InChI=1S/C20H20BrN5O2/c21-16-4-2-15(3-5-16)17-11-18(25-24-17)20(27)23-13-14-1-6-19(22-12-14)26-7-9-28-10-8-26/h1-6,11-12H,7-10,13H2,(H,23,27)(H,24,25). The summed E-state index contributed by atoms with van der Waals surface area (Å²) in [6.07, 6.45) is 1.80. The minimum absolute atomic E-state index is 0.201. The van der Waals surface area contributed by atoms with Crippen LogP contribution < -0.4 is 10.2 Å². The molecule has 1 fully saturated rings. The number of carbonyl (C=O) groups is 1. The molecule has 28 heavy (non-hydrogen) atoms.